The predicted molar refractivity (Wildman–Crippen MR) is 90.6 cm³/mol. The minimum atomic E-state index is -0.332. The molecule has 0 aromatic rings. The van der Waals surface area contributed by atoms with Crippen molar-refractivity contribution < 1.29 is 14.3 Å². The summed E-state index contributed by atoms with van der Waals surface area (Å²) >= 11 is 0. The molecule has 0 saturated carbocycles. The summed E-state index contributed by atoms with van der Waals surface area (Å²) in [5.74, 6) is 0.376. The Morgan fingerprint density at radius 3 is 2.79 bits per heavy atom. The summed E-state index contributed by atoms with van der Waals surface area (Å²) in [5, 5.41) is 9.19. The van der Waals surface area contributed by atoms with Crippen LogP contribution in [0.2, 0.25) is 0 Å². The summed E-state index contributed by atoms with van der Waals surface area (Å²) in [5.41, 5.74) is 6.82. The summed E-state index contributed by atoms with van der Waals surface area (Å²) < 4.78 is 0.765. The van der Waals surface area contributed by atoms with Gasteiger partial charge < -0.3 is 0 Å². The molecule has 7 heteroatoms. The number of nitrogens with one attached hydrogen (secondary N) is 2. The largest absolute Gasteiger partial charge is 0.295 e. The number of likely N-dealkylation sites (N-methyl/N-ethyl adjacent to an activating group) is 1. The second-order valence-electron chi connectivity index (χ2n) is 8.13. The van der Waals surface area contributed by atoms with Crippen LogP contribution in [0.5, 0.6) is 0 Å². The highest BCUT2D eigenvalue weighted by Gasteiger charge is 2.41. The van der Waals surface area contributed by atoms with Gasteiger partial charge in [-0.25, -0.2) is 4.84 Å². The molecule has 24 heavy (non-hydrogen) atoms. The molecule has 2 rings (SSSR count). The molecule has 0 radical (unpaired) electrons. The number of hydrogen-bond acceptors (Lipinski definition) is 3. The molecular weight excluding hydrogens is 306 g/mol. The van der Waals surface area contributed by atoms with Crippen molar-refractivity contribution in [3.63, 3.8) is 0 Å². The number of nitriles is 1. The van der Waals surface area contributed by atoms with Gasteiger partial charge in [0.15, 0.2) is 0 Å². The first-order valence-electron chi connectivity index (χ1n) is 8.45. The van der Waals surface area contributed by atoms with Gasteiger partial charge in [-0.15, -0.1) is 5.43 Å². The maximum Gasteiger partial charge on any atom is 0.272 e. The van der Waals surface area contributed by atoms with Crippen molar-refractivity contribution in [2.45, 2.75) is 52.2 Å². The number of hydrogen-bond donors (Lipinski definition) is 2. The summed E-state index contributed by atoms with van der Waals surface area (Å²) in [6.45, 7) is 9.57. The standard InChI is InChI=1S/C17H29N5O2/c1-13-8-14(11-18)10-15(9-13)22(5)7-6-16(12-22)24-20-21(23)19-17(2,3)4/h8,10,13,16H,6-7,9,12H2,1-5H3,(H2,19,20,23)/q+2. The van der Waals surface area contributed by atoms with E-state index in [4.69, 9.17) is 4.84 Å². The zero-order valence-corrected chi connectivity index (χ0v) is 15.3. The van der Waals surface area contributed by atoms with E-state index in [0.717, 1.165) is 36.0 Å². The van der Waals surface area contributed by atoms with Crippen LogP contribution in [-0.4, -0.2) is 41.2 Å². The van der Waals surface area contributed by atoms with E-state index in [1.165, 1.54) is 5.70 Å². The zero-order chi connectivity index (χ0) is 18.0. The topological polar surface area (TPSA) is 77.2 Å². The highest BCUT2D eigenvalue weighted by molar-refractivity contribution is 5.37. The van der Waals surface area contributed by atoms with E-state index in [2.05, 4.69) is 31.1 Å². The molecule has 0 aromatic carbocycles. The molecule has 1 saturated heterocycles. The Hall–Kier alpha value is -1.91. The number of rotatable bonds is 5. The van der Waals surface area contributed by atoms with Crippen LogP contribution in [0.1, 0.15) is 40.5 Å². The van der Waals surface area contributed by atoms with Gasteiger partial charge in [0.05, 0.1) is 35.7 Å². The third-order valence-corrected chi connectivity index (χ3v) is 4.43. The van der Waals surface area contributed by atoms with Gasteiger partial charge in [-0.1, -0.05) is 13.0 Å². The lowest BCUT2D eigenvalue weighted by molar-refractivity contribution is -0.864. The molecule has 0 spiro atoms. The van der Waals surface area contributed by atoms with Gasteiger partial charge in [-0.3, -0.25) is 4.48 Å². The molecule has 1 heterocycles. The summed E-state index contributed by atoms with van der Waals surface area (Å²) in [6, 6.07) is 2.25. The van der Waals surface area contributed by atoms with Gasteiger partial charge in [0.1, 0.15) is 18.3 Å². The van der Waals surface area contributed by atoms with Gasteiger partial charge in [0.25, 0.3) is 4.98 Å². The molecule has 2 N–H and O–H groups in total. The molecule has 0 amide bonds. The third kappa shape index (κ3) is 4.79. The molecule has 3 atom stereocenters. The molecule has 132 valence electrons. The van der Waals surface area contributed by atoms with Crippen LogP contribution in [0.25, 0.3) is 0 Å². The second kappa shape index (κ2) is 6.91. The quantitative estimate of drug-likeness (QED) is 0.457. The van der Waals surface area contributed by atoms with Crippen LogP contribution >= 0.6 is 0 Å². The molecule has 7 nitrogen and oxygen atoms in total. The van der Waals surface area contributed by atoms with Crippen LogP contribution < -0.4 is 11.0 Å². The van der Waals surface area contributed by atoms with Crippen molar-refractivity contribution in [1.29, 1.82) is 5.26 Å². The Balaban J connectivity index is 1.92. The average Bonchev–Trinajstić information content (AvgIpc) is 2.86. The molecule has 1 fully saturated rings. The molecule has 1 aliphatic heterocycles. The van der Waals surface area contributed by atoms with Crippen molar-refractivity contribution in [3.05, 3.63) is 28.3 Å². The van der Waals surface area contributed by atoms with Crippen molar-refractivity contribution in [3.8, 4) is 6.07 Å². The van der Waals surface area contributed by atoms with Gasteiger partial charge in [0.2, 0.25) is 0 Å². The van der Waals surface area contributed by atoms with E-state index >= 15 is 0 Å². The van der Waals surface area contributed by atoms with Crippen molar-refractivity contribution in [1.82, 2.24) is 11.0 Å². The van der Waals surface area contributed by atoms with Crippen LogP contribution in [0, 0.1) is 22.2 Å². The molecular formula is C17H29N5O2+2. The van der Waals surface area contributed by atoms with E-state index in [0.29, 0.717) is 10.9 Å². The molecule has 3 unspecified atom stereocenters. The van der Waals surface area contributed by atoms with Gasteiger partial charge in [-0.05, 0) is 26.7 Å². The number of hydrazine groups is 2. The SMILES string of the molecule is CC1C=C(C#N)C=C([N+]2(C)CCC(ON[N+](=O)NC(C)(C)C)C2)C1. The predicted octanol–water partition coefficient (Wildman–Crippen LogP) is 2.10. The monoisotopic (exact) mass is 335 g/mol. The maximum absolute atomic E-state index is 11.7. The normalized spacial score (nSPS) is 30.2. The van der Waals surface area contributed by atoms with E-state index in [-0.39, 0.29) is 11.6 Å². The highest BCUT2D eigenvalue weighted by Crippen LogP contribution is 2.33. The fraction of sp³-hybridized carbons (Fsp3) is 0.706. The first-order valence-corrected chi connectivity index (χ1v) is 8.45. The van der Waals surface area contributed by atoms with Crippen LogP contribution in [-0.2, 0) is 4.84 Å². The molecule has 1 aliphatic carbocycles. The number of likely N-dealkylation sites (tertiary alicyclic amines) is 1. The lowest BCUT2D eigenvalue weighted by atomic mass is 9.94. The number of allylic oxidation sites excluding steroid dienone is 4. The van der Waals surface area contributed by atoms with Gasteiger partial charge >= 0.3 is 0 Å². The minimum Gasteiger partial charge on any atom is -0.295 e. The molecule has 2 aliphatic rings. The summed E-state index contributed by atoms with van der Waals surface area (Å²) in [7, 11) is 2.17. The van der Waals surface area contributed by atoms with Crippen molar-refractivity contribution in [2.24, 2.45) is 5.92 Å². The highest BCUT2D eigenvalue weighted by atomic mass is 16.7. The smallest absolute Gasteiger partial charge is 0.272 e. The van der Waals surface area contributed by atoms with Crippen molar-refractivity contribution >= 4 is 0 Å². The van der Waals surface area contributed by atoms with Gasteiger partial charge in [-0.2, -0.15) is 5.26 Å². The zero-order valence-electron chi connectivity index (χ0n) is 15.3. The van der Waals surface area contributed by atoms with Gasteiger partial charge in [0, 0.05) is 24.5 Å². The van der Waals surface area contributed by atoms with Crippen LogP contribution in [0.15, 0.2) is 23.4 Å². The minimum absolute atomic E-state index is 0.0409. The summed E-state index contributed by atoms with van der Waals surface area (Å²) in [6.07, 6.45) is 5.82. The summed E-state index contributed by atoms with van der Waals surface area (Å²) in [4.78, 5) is 17.8. The Morgan fingerprint density at radius 2 is 2.17 bits per heavy atom. The first kappa shape index (κ1) is 18.4. The number of quaternary nitrogens is 1. The average molecular weight is 335 g/mol. The third-order valence-electron chi connectivity index (χ3n) is 4.43. The van der Waals surface area contributed by atoms with E-state index < -0.39 is 0 Å². The van der Waals surface area contributed by atoms with Crippen molar-refractivity contribution in [2.75, 3.05) is 20.1 Å². The van der Waals surface area contributed by atoms with E-state index in [1.807, 2.05) is 32.9 Å². The van der Waals surface area contributed by atoms with E-state index in [1.54, 1.807) is 0 Å². The lowest BCUT2D eigenvalue weighted by Crippen LogP contribution is -2.49. The van der Waals surface area contributed by atoms with Crippen LogP contribution in [0.3, 0.4) is 0 Å². The Bertz CT molecular complexity index is 599. The number of nitrogens with zero attached hydrogens (tertiary/aromatic N) is 3. The maximum atomic E-state index is 11.7. The fourth-order valence-corrected chi connectivity index (χ4v) is 3.30. The Morgan fingerprint density at radius 1 is 1.46 bits per heavy atom. The second-order valence-corrected chi connectivity index (χ2v) is 8.13. The van der Waals surface area contributed by atoms with E-state index in [9.17, 15) is 10.2 Å². The molecule has 0 bridgehead atoms. The fourth-order valence-electron chi connectivity index (χ4n) is 3.30. The van der Waals surface area contributed by atoms with Crippen LogP contribution in [0.4, 0.5) is 0 Å². The Labute approximate surface area is 144 Å². The lowest BCUT2D eigenvalue weighted by Gasteiger charge is -2.33. The first-order chi connectivity index (χ1) is 11.1. The number of nitroso groups, excluding NO2 is 1. The molecule has 0 aromatic heterocycles. The Kier molecular flexibility index (Phi) is 5.31.